The van der Waals surface area contributed by atoms with E-state index in [-0.39, 0.29) is 0 Å². The molecule has 70 valence electrons. The molecule has 0 aliphatic rings. The van der Waals surface area contributed by atoms with E-state index < -0.39 is 0 Å². The molecule has 0 amide bonds. The van der Waals surface area contributed by atoms with Gasteiger partial charge in [0.05, 0.1) is 13.7 Å². The van der Waals surface area contributed by atoms with Crippen molar-refractivity contribution < 1.29 is 4.74 Å². The molecule has 0 aliphatic carbocycles. The lowest BCUT2D eigenvalue weighted by atomic mass is 10.3. The van der Waals surface area contributed by atoms with Gasteiger partial charge in [0.15, 0.2) is 0 Å². The third kappa shape index (κ3) is 3.38. The summed E-state index contributed by atoms with van der Waals surface area (Å²) in [4.78, 5) is 0. The second-order valence-electron chi connectivity index (χ2n) is 2.60. The van der Waals surface area contributed by atoms with Crippen LogP contribution in [0.3, 0.4) is 0 Å². The highest BCUT2D eigenvalue weighted by Gasteiger charge is 1.93. The van der Waals surface area contributed by atoms with Crippen LogP contribution in [0.4, 0.5) is 5.69 Å². The molecule has 0 radical (unpaired) electrons. The van der Waals surface area contributed by atoms with Gasteiger partial charge in [-0.25, -0.2) is 0 Å². The molecule has 0 fully saturated rings. The highest BCUT2D eigenvalue weighted by atomic mass is 35.5. The Morgan fingerprint density at radius 1 is 1.46 bits per heavy atom. The molecule has 3 heteroatoms. The number of anilines is 1. The number of methoxy groups -OCH3 is 1. The van der Waals surface area contributed by atoms with Crippen LogP contribution in [0.25, 0.3) is 0 Å². The lowest BCUT2D eigenvalue weighted by Gasteiger charge is -2.05. The van der Waals surface area contributed by atoms with Gasteiger partial charge >= 0.3 is 0 Å². The number of nitrogens with one attached hydrogen (secondary N) is 1. The summed E-state index contributed by atoms with van der Waals surface area (Å²) in [6, 6.07) is 7.63. The first-order valence-electron chi connectivity index (χ1n) is 3.93. The summed E-state index contributed by atoms with van der Waals surface area (Å²) in [5.41, 5.74) is 1.00. The van der Waals surface area contributed by atoms with Gasteiger partial charge < -0.3 is 10.1 Å². The first-order chi connectivity index (χ1) is 6.22. The number of hydrogen-bond donors (Lipinski definition) is 1. The average Bonchev–Trinajstić information content (AvgIpc) is 2.15. The van der Waals surface area contributed by atoms with E-state index in [0.29, 0.717) is 11.6 Å². The molecule has 0 bridgehead atoms. The van der Waals surface area contributed by atoms with E-state index in [4.69, 9.17) is 16.3 Å². The van der Waals surface area contributed by atoms with Gasteiger partial charge in [0.2, 0.25) is 0 Å². The van der Waals surface area contributed by atoms with Crippen molar-refractivity contribution in [2.24, 2.45) is 0 Å². The molecular weight excluding hydrogens is 186 g/mol. The molecule has 1 N–H and O–H groups in total. The van der Waals surface area contributed by atoms with Crippen molar-refractivity contribution in [3.05, 3.63) is 35.9 Å². The lowest BCUT2D eigenvalue weighted by molar-refractivity contribution is 0.415. The van der Waals surface area contributed by atoms with E-state index in [1.54, 1.807) is 7.11 Å². The van der Waals surface area contributed by atoms with Crippen molar-refractivity contribution in [1.29, 1.82) is 0 Å². The minimum absolute atomic E-state index is 0.577. The zero-order valence-electron chi connectivity index (χ0n) is 7.51. The van der Waals surface area contributed by atoms with Gasteiger partial charge in [-0.05, 0) is 24.3 Å². The largest absolute Gasteiger partial charge is 0.497 e. The van der Waals surface area contributed by atoms with Gasteiger partial charge in [0, 0.05) is 10.7 Å². The smallest absolute Gasteiger partial charge is 0.119 e. The fourth-order valence-electron chi connectivity index (χ4n) is 0.907. The molecule has 2 nitrogen and oxygen atoms in total. The van der Waals surface area contributed by atoms with Crippen molar-refractivity contribution in [1.82, 2.24) is 0 Å². The molecule has 0 saturated heterocycles. The van der Waals surface area contributed by atoms with Crippen LogP contribution < -0.4 is 10.1 Å². The van der Waals surface area contributed by atoms with Crippen LogP contribution in [0.15, 0.2) is 35.9 Å². The summed E-state index contributed by atoms with van der Waals surface area (Å²) in [6.07, 6.45) is 0. The van der Waals surface area contributed by atoms with Gasteiger partial charge in [-0.3, -0.25) is 0 Å². The number of hydrogen-bond acceptors (Lipinski definition) is 2. The Kier molecular flexibility index (Phi) is 3.65. The molecule has 1 rings (SSSR count). The average molecular weight is 198 g/mol. The van der Waals surface area contributed by atoms with E-state index in [2.05, 4.69) is 11.9 Å². The molecule has 0 unspecified atom stereocenters. The van der Waals surface area contributed by atoms with Crippen LogP contribution >= 0.6 is 11.6 Å². The van der Waals surface area contributed by atoms with Crippen LogP contribution in [0.1, 0.15) is 0 Å². The highest BCUT2D eigenvalue weighted by molar-refractivity contribution is 6.29. The van der Waals surface area contributed by atoms with E-state index >= 15 is 0 Å². The van der Waals surface area contributed by atoms with Gasteiger partial charge in [-0.2, -0.15) is 0 Å². The summed E-state index contributed by atoms with van der Waals surface area (Å²) in [7, 11) is 1.64. The second kappa shape index (κ2) is 4.77. The molecule has 1 aromatic rings. The van der Waals surface area contributed by atoms with E-state index in [9.17, 15) is 0 Å². The zero-order valence-corrected chi connectivity index (χ0v) is 8.27. The molecule has 0 saturated carbocycles. The molecule has 0 aliphatic heterocycles. The first kappa shape index (κ1) is 9.93. The third-order valence-electron chi connectivity index (χ3n) is 1.57. The monoisotopic (exact) mass is 197 g/mol. The Hall–Kier alpha value is -1.15. The van der Waals surface area contributed by atoms with E-state index in [1.165, 1.54) is 0 Å². The predicted octanol–water partition coefficient (Wildman–Crippen LogP) is 2.86. The number of halogens is 1. The van der Waals surface area contributed by atoms with Gasteiger partial charge in [-0.15, -0.1) is 0 Å². The summed E-state index contributed by atoms with van der Waals surface area (Å²) in [5.74, 6) is 0.843. The first-order valence-corrected chi connectivity index (χ1v) is 4.31. The van der Waals surface area contributed by atoms with Crippen molar-refractivity contribution in [2.75, 3.05) is 19.0 Å². The number of ether oxygens (including phenoxy) is 1. The van der Waals surface area contributed by atoms with Crippen molar-refractivity contribution in [3.63, 3.8) is 0 Å². The SMILES string of the molecule is C=C(Cl)CNc1ccc(OC)cc1. The fourth-order valence-corrected chi connectivity index (χ4v) is 0.974. The Morgan fingerprint density at radius 3 is 2.54 bits per heavy atom. The maximum Gasteiger partial charge on any atom is 0.119 e. The summed E-state index contributed by atoms with van der Waals surface area (Å²) in [6.45, 7) is 4.16. The van der Waals surface area contributed by atoms with Gasteiger partial charge in [0.1, 0.15) is 5.75 Å². The second-order valence-corrected chi connectivity index (χ2v) is 3.13. The van der Waals surface area contributed by atoms with Crippen LogP contribution in [-0.2, 0) is 0 Å². The Morgan fingerprint density at radius 2 is 2.08 bits per heavy atom. The summed E-state index contributed by atoms with van der Waals surface area (Å²) >= 11 is 5.60. The fraction of sp³-hybridized carbons (Fsp3) is 0.200. The van der Waals surface area contributed by atoms with Crippen LogP contribution in [0.5, 0.6) is 5.75 Å². The maximum atomic E-state index is 5.60. The topological polar surface area (TPSA) is 21.3 Å². The van der Waals surface area contributed by atoms with Crippen LogP contribution in [0.2, 0.25) is 0 Å². The molecule has 0 heterocycles. The van der Waals surface area contributed by atoms with Gasteiger partial charge in [-0.1, -0.05) is 18.2 Å². The highest BCUT2D eigenvalue weighted by Crippen LogP contribution is 2.15. The van der Waals surface area contributed by atoms with Crippen molar-refractivity contribution in [3.8, 4) is 5.75 Å². The predicted molar refractivity (Wildman–Crippen MR) is 56.5 cm³/mol. The van der Waals surface area contributed by atoms with Gasteiger partial charge in [0.25, 0.3) is 0 Å². The number of rotatable bonds is 4. The lowest BCUT2D eigenvalue weighted by Crippen LogP contribution is -2.00. The molecule has 1 aromatic carbocycles. The van der Waals surface area contributed by atoms with Crippen LogP contribution in [0, 0.1) is 0 Å². The molecule has 0 spiro atoms. The minimum Gasteiger partial charge on any atom is -0.497 e. The van der Waals surface area contributed by atoms with Crippen LogP contribution in [-0.4, -0.2) is 13.7 Å². The quantitative estimate of drug-likeness (QED) is 0.802. The molecular formula is C10H12ClNO. The maximum absolute atomic E-state index is 5.60. The van der Waals surface area contributed by atoms with Crippen molar-refractivity contribution >= 4 is 17.3 Å². The Balaban J connectivity index is 2.54. The Labute approximate surface area is 83.2 Å². The number of benzene rings is 1. The van der Waals surface area contributed by atoms with E-state index in [0.717, 1.165) is 11.4 Å². The molecule has 0 aromatic heterocycles. The minimum atomic E-state index is 0.577. The normalized spacial score (nSPS) is 9.38. The molecule has 0 atom stereocenters. The van der Waals surface area contributed by atoms with E-state index in [1.807, 2.05) is 24.3 Å². The standard InChI is InChI=1S/C10H12ClNO/c1-8(11)7-12-9-3-5-10(13-2)6-4-9/h3-6,12H,1,7H2,2H3. The summed E-state index contributed by atoms with van der Waals surface area (Å²) in [5, 5.41) is 3.70. The third-order valence-corrected chi connectivity index (χ3v) is 1.71. The zero-order chi connectivity index (χ0) is 9.68. The summed E-state index contributed by atoms with van der Waals surface area (Å²) < 4.78 is 5.02. The Bertz CT molecular complexity index is 281. The van der Waals surface area contributed by atoms with Crippen molar-refractivity contribution in [2.45, 2.75) is 0 Å². The molecule has 13 heavy (non-hydrogen) atoms.